The molecule has 14 heteroatoms. The average Bonchev–Trinajstić information content (AvgIpc) is 3.68. The van der Waals surface area contributed by atoms with Crippen LogP contribution in [0.3, 0.4) is 0 Å². The number of aromatic nitrogens is 3. The molecule has 4 aromatic rings. The Morgan fingerprint density at radius 2 is 1.74 bits per heavy atom. The average molecular weight is 652 g/mol. The van der Waals surface area contributed by atoms with Crippen molar-refractivity contribution in [3.05, 3.63) is 94.6 Å². The van der Waals surface area contributed by atoms with E-state index in [4.69, 9.17) is 0 Å². The number of hydrogen-bond acceptors (Lipinski definition) is 7. The van der Waals surface area contributed by atoms with E-state index in [-0.39, 0.29) is 30.9 Å². The number of piperazine rings is 1. The number of halogens is 2. The van der Waals surface area contributed by atoms with Gasteiger partial charge in [-0.1, -0.05) is 13.8 Å². The number of Topliss-reactive ketones (excluding diaryl/α,β-unsaturated/α-hetero) is 1. The third-order valence-corrected chi connectivity index (χ3v) is 10.3. The van der Waals surface area contributed by atoms with Crippen LogP contribution in [0.15, 0.2) is 59.6 Å². The van der Waals surface area contributed by atoms with Gasteiger partial charge in [0.1, 0.15) is 17.3 Å². The van der Waals surface area contributed by atoms with Gasteiger partial charge in [0.25, 0.3) is 5.91 Å². The quantitative estimate of drug-likeness (QED) is 0.246. The highest BCUT2D eigenvalue weighted by atomic mass is 32.2. The molecular weight excluding hydrogens is 616 g/mol. The highest BCUT2D eigenvalue weighted by Crippen LogP contribution is 2.37. The van der Waals surface area contributed by atoms with Gasteiger partial charge in [-0.15, -0.1) is 0 Å². The van der Waals surface area contributed by atoms with Crippen molar-refractivity contribution >= 4 is 33.1 Å². The molecule has 3 N–H and O–H groups in total. The predicted molar refractivity (Wildman–Crippen MR) is 168 cm³/mol. The van der Waals surface area contributed by atoms with Crippen LogP contribution < -0.4 is 10.2 Å². The van der Waals surface area contributed by atoms with E-state index in [2.05, 4.69) is 37.3 Å². The summed E-state index contributed by atoms with van der Waals surface area (Å²) in [7, 11) is -2.23. The van der Waals surface area contributed by atoms with Crippen LogP contribution in [-0.4, -0.2) is 84.3 Å². The van der Waals surface area contributed by atoms with E-state index in [1.54, 1.807) is 30.5 Å². The Morgan fingerprint density at radius 1 is 1.02 bits per heavy atom. The molecule has 0 saturated carbocycles. The van der Waals surface area contributed by atoms with E-state index < -0.39 is 37.9 Å². The Kier molecular flexibility index (Phi) is 8.29. The number of aromatic amines is 2. The van der Waals surface area contributed by atoms with Crippen molar-refractivity contribution in [1.29, 1.82) is 0 Å². The van der Waals surface area contributed by atoms with E-state index >= 15 is 0 Å². The normalized spacial score (nSPS) is 17.1. The van der Waals surface area contributed by atoms with Crippen LogP contribution >= 0.6 is 0 Å². The maximum Gasteiger partial charge on any atom is 0.272 e. The zero-order valence-electron chi connectivity index (χ0n) is 25.7. The second-order valence-corrected chi connectivity index (χ2v) is 14.4. The van der Waals surface area contributed by atoms with Crippen molar-refractivity contribution in [2.45, 2.75) is 37.1 Å². The summed E-state index contributed by atoms with van der Waals surface area (Å²) in [4.78, 5) is 33.8. The Balaban J connectivity index is 1.30. The number of fused-ring (bicyclic) bond motifs is 1. The molecule has 6 rings (SSSR count). The minimum Gasteiger partial charge on any atom is -0.369 e. The molecule has 0 aliphatic carbocycles. The summed E-state index contributed by atoms with van der Waals surface area (Å²) in [6, 6.07) is 10.9. The highest BCUT2D eigenvalue weighted by molar-refractivity contribution is 7.89. The standard InChI is InChI=1S/C32H35F2N7O4S/c1-32(2)19-41(46(44,45)23-14-20(33)13-21(34)15-23)18-25-28(37-38-30(25)32)17-29(42)24-7-6-22(40-11-9-39(3)10-12-40)16-27(24)36-31(43)26-5-4-8-35-26/h4-8,13-16,35H,9-12,17-19H2,1-3H3,(H,36,43)(H,37,38). The third kappa shape index (κ3) is 6.19. The Hall–Kier alpha value is -4.40. The number of sulfonamides is 1. The summed E-state index contributed by atoms with van der Waals surface area (Å²) in [6.07, 6.45) is 1.49. The SMILES string of the molecule is CN1CCN(c2ccc(C(=O)Cc3[nH]nc4c3CN(S(=O)(=O)c3cc(F)cc(F)c3)CC4(C)C)c(NC(=O)c3ccc[nH]3)c2)CC1. The lowest BCUT2D eigenvalue weighted by molar-refractivity contribution is 0.0992. The van der Waals surface area contributed by atoms with Gasteiger partial charge < -0.3 is 20.1 Å². The topological polar surface area (TPSA) is 134 Å². The number of likely N-dealkylation sites (N-methyl/N-ethyl adjacent to an activating group) is 1. The number of nitrogens with zero attached hydrogens (tertiary/aromatic N) is 4. The van der Waals surface area contributed by atoms with Crippen LogP contribution in [0.25, 0.3) is 0 Å². The maximum absolute atomic E-state index is 14.0. The van der Waals surface area contributed by atoms with E-state index in [0.29, 0.717) is 34.4 Å². The molecule has 11 nitrogen and oxygen atoms in total. The summed E-state index contributed by atoms with van der Waals surface area (Å²) in [5.74, 6) is -2.71. The number of rotatable bonds is 8. The first kappa shape index (κ1) is 31.6. The summed E-state index contributed by atoms with van der Waals surface area (Å²) >= 11 is 0. The molecule has 2 aliphatic rings. The smallest absolute Gasteiger partial charge is 0.272 e. The molecule has 0 bridgehead atoms. The number of hydrogen-bond donors (Lipinski definition) is 3. The van der Waals surface area contributed by atoms with Gasteiger partial charge in [-0.25, -0.2) is 17.2 Å². The summed E-state index contributed by atoms with van der Waals surface area (Å²) in [5, 5.41) is 10.3. The number of nitrogens with one attached hydrogen (secondary N) is 3. The first-order chi connectivity index (χ1) is 21.8. The lowest BCUT2D eigenvalue weighted by Gasteiger charge is -2.36. The number of carbonyl (C=O) groups is 2. The maximum atomic E-state index is 14.0. The summed E-state index contributed by atoms with van der Waals surface area (Å²) in [6.45, 7) is 6.87. The Labute approximate surface area is 265 Å². The van der Waals surface area contributed by atoms with Crippen molar-refractivity contribution < 1.29 is 26.8 Å². The zero-order valence-corrected chi connectivity index (χ0v) is 26.5. The molecule has 1 amide bonds. The second kappa shape index (κ2) is 12.1. The molecule has 0 unspecified atom stereocenters. The van der Waals surface area contributed by atoms with E-state index in [0.717, 1.165) is 48.3 Å². The fourth-order valence-electron chi connectivity index (χ4n) is 6.08. The summed E-state index contributed by atoms with van der Waals surface area (Å²) in [5.41, 5.74) is 2.64. The predicted octanol–water partition coefficient (Wildman–Crippen LogP) is 3.93. The first-order valence-electron chi connectivity index (χ1n) is 14.9. The van der Waals surface area contributed by atoms with Crippen LogP contribution in [0, 0.1) is 11.6 Å². The van der Waals surface area contributed by atoms with Gasteiger partial charge in [0.05, 0.1) is 22.7 Å². The summed E-state index contributed by atoms with van der Waals surface area (Å²) < 4.78 is 56.2. The van der Waals surface area contributed by atoms with E-state index in [1.807, 2.05) is 19.9 Å². The lowest BCUT2D eigenvalue weighted by atomic mass is 9.83. The van der Waals surface area contributed by atoms with Crippen LogP contribution in [0.4, 0.5) is 20.2 Å². The molecule has 4 heterocycles. The first-order valence-corrected chi connectivity index (χ1v) is 16.3. The molecule has 1 saturated heterocycles. The van der Waals surface area contributed by atoms with Crippen LogP contribution in [-0.2, 0) is 28.4 Å². The zero-order chi connectivity index (χ0) is 32.8. The lowest BCUT2D eigenvalue weighted by Crippen LogP contribution is -2.45. The van der Waals surface area contributed by atoms with Crippen molar-refractivity contribution in [2.24, 2.45) is 0 Å². The molecule has 2 aliphatic heterocycles. The number of carbonyl (C=O) groups excluding carboxylic acids is 2. The number of H-pyrrole nitrogens is 2. The van der Waals surface area contributed by atoms with Gasteiger partial charge in [0, 0.05) is 79.5 Å². The molecular formula is C32H35F2N7O4S. The van der Waals surface area contributed by atoms with Gasteiger partial charge in [-0.3, -0.25) is 14.7 Å². The minimum absolute atomic E-state index is 0.0153. The van der Waals surface area contributed by atoms with Crippen LogP contribution in [0.5, 0.6) is 0 Å². The molecule has 0 spiro atoms. The molecule has 2 aromatic heterocycles. The number of amides is 1. The van der Waals surface area contributed by atoms with E-state index in [1.165, 1.54) is 0 Å². The fraction of sp³-hybridized carbons (Fsp3) is 0.344. The molecule has 242 valence electrons. The van der Waals surface area contributed by atoms with Crippen molar-refractivity contribution in [2.75, 3.05) is 50.0 Å². The Bertz CT molecular complexity index is 1880. The van der Waals surface area contributed by atoms with Gasteiger partial charge in [0.15, 0.2) is 5.78 Å². The molecule has 1 fully saturated rings. The number of benzene rings is 2. The van der Waals surface area contributed by atoms with Crippen LogP contribution in [0.2, 0.25) is 0 Å². The van der Waals surface area contributed by atoms with Gasteiger partial charge in [-0.2, -0.15) is 9.40 Å². The van der Waals surface area contributed by atoms with Gasteiger partial charge >= 0.3 is 0 Å². The minimum atomic E-state index is -4.29. The van der Waals surface area contributed by atoms with Gasteiger partial charge in [-0.05, 0) is 49.5 Å². The number of ketones is 1. The Morgan fingerprint density at radius 3 is 2.41 bits per heavy atom. The highest BCUT2D eigenvalue weighted by Gasteiger charge is 2.41. The van der Waals surface area contributed by atoms with Crippen molar-refractivity contribution in [3.8, 4) is 0 Å². The molecule has 0 atom stereocenters. The second-order valence-electron chi connectivity index (χ2n) is 12.4. The third-order valence-electron chi connectivity index (χ3n) is 8.57. The van der Waals surface area contributed by atoms with Crippen molar-refractivity contribution in [1.82, 2.24) is 24.4 Å². The molecule has 2 aromatic carbocycles. The monoisotopic (exact) mass is 651 g/mol. The van der Waals surface area contributed by atoms with Gasteiger partial charge in [0.2, 0.25) is 10.0 Å². The molecule has 0 radical (unpaired) electrons. The van der Waals surface area contributed by atoms with E-state index in [9.17, 15) is 26.8 Å². The number of anilines is 2. The fourth-order valence-corrected chi connectivity index (χ4v) is 7.69. The largest absolute Gasteiger partial charge is 0.369 e. The van der Waals surface area contributed by atoms with Crippen LogP contribution in [0.1, 0.15) is 51.6 Å². The van der Waals surface area contributed by atoms with Crippen molar-refractivity contribution in [3.63, 3.8) is 0 Å². The molecule has 46 heavy (non-hydrogen) atoms.